The minimum atomic E-state index is -4.43. The zero-order valence-corrected chi connectivity index (χ0v) is 13.6. The van der Waals surface area contributed by atoms with Crippen molar-refractivity contribution < 1.29 is 18.0 Å². The van der Waals surface area contributed by atoms with E-state index < -0.39 is 23.2 Å². The maximum absolute atomic E-state index is 12.6. The van der Waals surface area contributed by atoms with Gasteiger partial charge in [0.25, 0.3) is 11.5 Å². The van der Waals surface area contributed by atoms with E-state index in [4.69, 9.17) is 0 Å². The van der Waals surface area contributed by atoms with Crippen LogP contribution in [0.5, 0.6) is 0 Å². The van der Waals surface area contributed by atoms with Crippen LogP contribution in [-0.4, -0.2) is 10.9 Å². The number of amides is 1. The number of alkyl halides is 3. The Balaban J connectivity index is 1.91. The largest absolute Gasteiger partial charge is 0.416 e. The van der Waals surface area contributed by atoms with Crippen molar-refractivity contribution in [2.45, 2.75) is 38.8 Å². The Labute approximate surface area is 142 Å². The number of aromatic amines is 1. The molecule has 7 heteroatoms. The molecule has 1 aromatic carbocycles. The van der Waals surface area contributed by atoms with Gasteiger partial charge in [0, 0.05) is 11.4 Å². The summed E-state index contributed by atoms with van der Waals surface area (Å²) in [4.78, 5) is 27.5. The number of carbonyl (C=O) groups excluding carboxylic acids is 1. The lowest BCUT2D eigenvalue weighted by molar-refractivity contribution is -0.137. The molecule has 0 fully saturated rings. The molecule has 2 N–H and O–H groups in total. The monoisotopic (exact) mass is 350 g/mol. The van der Waals surface area contributed by atoms with Crippen LogP contribution in [0.15, 0.2) is 29.1 Å². The lowest BCUT2D eigenvalue weighted by atomic mass is 9.88. The van der Waals surface area contributed by atoms with Crippen LogP contribution in [0, 0.1) is 6.92 Å². The molecule has 0 atom stereocenters. The molecule has 0 aliphatic heterocycles. The quantitative estimate of drug-likeness (QED) is 0.865. The average molecular weight is 350 g/mol. The first-order chi connectivity index (χ1) is 11.8. The summed E-state index contributed by atoms with van der Waals surface area (Å²) in [6.45, 7) is 1.81. The van der Waals surface area contributed by atoms with E-state index in [1.165, 1.54) is 12.1 Å². The molecular formula is C18H17F3N2O2. The molecule has 25 heavy (non-hydrogen) atoms. The molecule has 0 bridgehead atoms. The summed E-state index contributed by atoms with van der Waals surface area (Å²) in [6, 6.07) is 4.14. The van der Waals surface area contributed by atoms with Crippen LogP contribution in [0.4, 0.5) is 18.9 Å². The molecular weight excluding hydrogens is 333 g/mol. The van der Waals surface area contributed by atoms with Gasteiger partial charge < -0.3 is 10.3 Å². The highest BCUT2D eigenvalue weighted by atomic mass is 19.4. The summed E-state index contributed by atoms with van der Waals surface area (Å²) in [6.07, 6.45) is -1.08. The fraction of sp³-hybridized carbons (Fsp3) is 0.333. The second-order valence-electron chi connectivity index (χ2n) is 6.15. The number of rotatable bonds is 2. The van der Waals surface area contributed by atoms with Crippen molar-refractivity contribution in [2.75, 3.05) is 5.32 Å². The Morgan fingerprint density at radius 1 is 1.08 bits per heavy atom. The summed E-state index contributed by atoms with van der Waals surface area (Å²) >= 11 is 0. The number of pyridine rings is 1. The molecule has 2 aromatic rings. The third kappa shape index (κ3) is 3.45. The first-order valence-corrected chi connectivity index (χ1v) is 8.00. The number of aromatic nitrogens is 1. The van der Waals surface area contributed by atoms with Crippen molar-refractivity contribution in [3.63, 3.8) is 0 Å². The van der Waals surface area contributed by atoms with Gasteiger partial charge in [0.05, 0.1) is 5.56 Å². The lowest BCUT2D eigenvalue weighted by Crippen LogP contribution is -2.29. The second kappa shape index (κ2) is 6.38. The number of nitrogens with one attached hydrogen (secondary N) is 2. The Morgan fingerprint density at radius 2 is 1.68 bits per heavy atom. The van der Waals surface area contributed by atoms with Gasteiger partial charge in [-0.05, 0) is 68.0 Å². The number of aryl methyl sites for hydroxylation is 1. The first kappa shape index (κ1) is 17.3. The van der Waals surface area contributed by atoms with Gasteiger partial charge in [-0.1, -0.05) is 0 Å². The number of carbonyl (C=O) groups is 1. The van der Waals surface area contributed by atoms with Crippen LogP contribution in [0.2, 0.25) is 0 Å². The molecule has 0 saturated carbocycles. The fourth-order valence-electron chi connectivity index (χ4n) is 3.22. The summed E-state index contributed by atoms with van der Waals surface area (Å²) < 4.78 is 37.8. The van der Waals surface area contributed by atoms with Crippen LogP contribution in [-0.2, 0) is 19.0 Å². The highest BCUT2D eigenvalue weighted by molar-refractivity contribution is 6.05. The van der Waals surface area contributed by atoms with E-state index in [2.05, 4.69) is 10.3 Å². The van der Waals surface area contributed by atoms with Gasteiger partial charge in [-0.2, -0.15) is 13.2 Å². The normalized spacial score (nSPS) is 14.1. The number of halogens is 3. The second-order valence-corrected chi connectivity index (χ2v) is 6.15. The zero-order valence-electron chi connectivity index (χ0n) is 13.6. The highest BCUT2D eigenvalue weighted by Crippen LogP contribution is 2.30. The Bertz CT molecular complexity index is 868. The van der Waals surface area contributed by atoms with Crippen molar-refractivity contribution in [3.05, 3.63) is 62.6 Å². The van der Waals surface area contributed by atoms with Crippen LogP contribution in [0.1, 0.15) is 45.6 Å². The summed E-state index contributed by atoms with van der Waals surface area (Å²) in [5, 5.41) is 2.52. The van der Waals surface area contributed by atoms with Gasteiger partial charge in [0.1, 0.15) is 5.56 Å². The van der Waals surface area contributed by atoms with E-state index >= 15 is 0 Å². The van der Waals surface area contributed by atoms with E-state index in [1.54, 1.807) is 0 Å². The van der Waals surface area contributed by atoms with Gasteiger partial charge >= 0.3 is 6.18 Å². The predicted octanol–water partition coefficient (Wildman–Crippen LogP) is 3.83. The third-order valence-corrected chi connectivity index (χ3v) is 4.45. The van der Waals surface area contributed by atoms with Gasteiger partial charge in [-0.3, -0.25) is 9.59 Å². The van der Waals surface area contributed by atoms with E-state index in [0.717, 1.165) is 48.2 Å². The minimum absolute atomic E-state index is 0.0557. The van der Waals surface area contributed by atoms with Crippen LogP contribution < -0.4 is 10.9 Å². The average Bonchev–Trinajstić information content (AvgIpc) is 2.54. The smallest absolute Gasteiger partial charge is 0.326 e. The Hall–Kier alpha value is -2.57. The Morgan fingerprint density at radius 3 is 2.28 bits per heavy atom. The number of hydrogen-bond donors (Lipinski definition) is 2. The molecule has 0 radical (unpaired) electrons. The number of fused-ring (bicyclic) bond motifs is 1. The predicted molar refractivity (Wildman–Crippen MR) is 87.8 cm³/mol. The molecule has 0 spiro atoms. The summed E-state index contributed by atoms with van der Waals surface area (Å²) in [5.41, 5.74) is 1.51. The highest BCUT2D eigenvalue weighted by Gasteiger charge is 2.30. The molecule has 1 aromatic heterocycles. The van der Waals surface area contributed by atoms with Crippen molar-refractivity contribution in [1.82, 2.24) is 4.98 Å². The number of H-pyrrole nitrogens is 1. The SMILES string of the molecule is Cc1[nH]c(=O)c(C(=O)Nc2ccc(C(F)(F)F)cc2)c2c1CCCC2. The van der Waals surface area contributed by atoms with Gasteiger partial charge in [0.2, 0.25) is 0 Å². The third-order valence-electron chi connectivity index (χ3n) is 4.45. The maximum atomic E-state index is 12.6. The molecule has 1 aliphatic rings. The summed E-state index contributed by atoms with van der Waals surface area (Å²) in [5.74, 6) is -0.598. The topological polar surface area (TPSA) is 62.0 Å². The zero-order chi connectivity index (χ0) is 18.2. The molecule has 3 rings (SSSR count). The van der Waals surface area contributed by atoms with Crippen LogP contribution in [0.3, 0.4) is 0 Å². The van der Waals surface area contributed by atoms with Gasteiger partial charge in [0.15, 0.2) is 0 Å². The van der Waals surface area contributed by atoms with Crippen molar-refractivity contribution >= 4 is 11.6 Å². The molecule has 0 saturated heterocycles. The van der Waals surface area contributed by atoms with E-state index in [9.17, 15) is 22.8 Å². The van der Waals surface area contributed by atoms with Crippen molar-refractivity contribution in [2.24, 2.45) is 0 Å². The van der Waals surface area contributed by atoms with E-state index in [1.807, 2.05) is 6.92 Å². The lowest BCUT2D eigenvalue weighted by Gasteiger charge is -2.20. The van der Waals surface area contributed by atoms with Crippen LogP contribution >= 0.6 is 0 Å². The molecule has 1 amide bonds. The Kier molecular flexibility index (Phi) is 4.41. The summed E-state index contributed by atoms with van der Waals surface area (Å²) in [7, 11) is 0. The number of hydrogen-bond acceptors (Lipinski definition) is 2. The maximum Gasteiger partial charge on any atom is 0.416 e. The molecule has 0 unspecified atom stereocenters. The molecule has 1 heterocycles. The minimum Gasteiger partial charge on any atom is -0.326 e. The van der Waals surface area contributed by atoms with Crippen LogP contribution in [0.25, 0.3) is 0 Å². The first-order valence-electron chi connectivity index (χ1n) is 8.00. The fourth-order valence-corrected chi connectivity index (χ4v) is 3.22. The van der Waals surface area contributed by atoms with E-state index in [-0.39, 0.29) is 11.3 Å². The van der Waals surface area contributed by atoms with Crippen molar-refractivity contribution in [3.8, 4) is 0 Å². The standard InChI is InChI=1S/C18H17F3N2O2/c1-10-13-4-2-3-5-14(13)15(16(24)22-10)17(25)23-12-8-6-11(7-9-12)18(19,20)21/h6-9H,2-5H2,1H3,(H,22,24)(H,23,25). The molecule has 4 nitrogen and oxygen atoms in total. The van der Waals surface area contributed by atoms with E-state index in [0.29, 0.717) is 6.42 Å². The number of benzene rings is 1. The van der Waals surface area contributed by atoms with Crippen molar-refractivity contribution in [1.29, 1.82) is 0 Å². The molecule has 1 aliphatic carbocycles. The molecule has 132 valence electrons. The number of anilines is 1. The van der Waals surface area contributed by atoms with Gasteiger partial charge in [-0.25, -0.2) is 0 Å². The van der Waals surface area contributed by atoms with Gasteiger partial charge in [-0.15, -0.1) is 0 Å².